The van der Waals surface area contributed by atoms with Crippen molar-refractivity contribution >= 4 is 6.09 Å². The number of fused-ring (bicyclic) bond motifs is 1. The molecule has 114 valence electrons. The largest absolute Gasteiger partial charge is 0.444 e. The van der Waals surface area contributed by atoms with E-state index in [1.54, 1.807) is 0 Å². The Labute approximate surface area is 126 Å². The highest BCUT2D eigenvalue weighted by Gasteiger charge is 2.52. The molecule has 1 aromatic rings. The van der Waals surface area contributed by atoms with E-state index in [1.165, 1.54) is 5.56 Å². The third-order valence-corrected chi connectivity index (χ3v) is 4.53. The highest BCUT2D eigenvalue weighted by molar-refractivity contribution is 5.69. The summed E-state index contributed by atoms with van der Waals surface area (Å²) in [4.78, 5) is 14.2. The first kappa shape index (κ1) is 14.4. The number of carbonyl (C=O) groups is 1. The fourth-order valence-corrected chi connectivity index (χ4v) is 3.57. The molecule has 0 radical (unpaired) electrons. The molecule has 1 N–H and O–H groups in total. The van der Waals surface area contributed by atoms with Gasteiger partial charge in [-0.05, 0) is 26.3 Å². The van der Waals surface area contributed by atoms with Crippen LogP contribution in [0.2, 0.25) is 0 Å². The quantitative estimate of drug-likeness (QED) is 0.863. The van der Waals surface area contributed by atoms with E-state index in [0.717, 1.165) is 26.2 Å². The molecule has 1 aromatic carbocycles. The molecule has 1 amide bonds. The fraction of sp³-hybridized carbons (Fsp3) is 0.588. The molecule has 2 fully saturated rings. The molecule has 4 heteroatoms. The predicted molar refractivity (Wildman–Crippen MR) is 82.3 cm³/mol. The zero-order chi connectivity index (χ0) is 15.1. The van der Waals surface area contributed by atoms with Crippen molar-refractivity contribution < 1.29 is 9.53 Å². The number of nitrogens with one attached hydrogen (secondary N) is 1. The van der Waals surface area contributed by atoms with E-state index in [4.69, 9.17) is 4.74 Å². The van der Waals surface area contributed by atoms with Gasteiger partial charge < -0.3 is 15.0 Å². The Hall–Kier alpha value is -1.55. The van der Waals surface area contributed by atoms with E-state index < -0.39 is 5.60 Å². The lowest BCUT2D eigenvalue weighted by atomic mass is 9.75. The van der Waals surface area contributed by atoms with Crippen molar-refractivity contribution in [1.29, 1.82) is 0 Å². The van der Waals surface area contributed by atoms with E-state index in [9.17, 15) is 4.79 Å². The molecule has 2 aliphatic rings. The molecule has 0 bridgehead atoms. The molecule has 21 heavy (non-hydrogen) atoms. The second-order valence-corrected chi connectivity index (χ2v) is 7.21. The van der Waals surface area contributed by atoms with Gasteiger partial charge in [0.05, 0.1) is 0 Å². The number of hydrogen-bond acceptors (Lipinski definition) is 3. The van der Waals surface area contributed by atoms with Gasteiger partial charge in [0.25, 0.3) is 0 Å². The lowest BCUT2D eigenvalue weighted by molar-refractivity contribution is 0.0278. The number of amides is 1. The third kappa shape index (κ3) is 2.64. The lowest BCUT2D eigenvalue weighted by Gasteiger charge is -2.29. The lowest BCUT2D eigenvalue weighted by Crippen LogP contribution is -2.40. The van der Waals surface area contributed by atoms with Crippen LogP contribution in [0.3, 0.4) is 0 Å². The first-order valence-corrected chi connectivity index (χ1v) is 7.65. The minimum Gasteiger partial charge on any atom is -0.444 e. The summed E-state index contributed by atoms with van der Waals surface area (Å²) < 4.78 is 5.53. The van der Waals surface area contributed by atoms with Crippen LogP contribution in [0.4, 0.5) is 4.79 Å². The maximum Gasteiger partial charge on any atom is 0.410 e. The zero-order valence-electron chi connectivity index (χ0n) is 13.1. The normalized spacial score (nSPS) is 28.5. The second kappa shape index (κ2) is 5.02. The van der Waals surface area contributed by atoms with Gasteiger partial charge in [0.1, 0.15) is 5.60 Å². The number of nitrogens with zero attached hydrogens (tertiary/aromatic N) is 1. The minimum atomic E-state index is -0.438. The molecule has 2 aliphatic heterocycles. The van der Waals surface area contributed by atoms with E-state index >= 15 is 0 Å². The standard InChI is InChI=1S/C17H24N2O2/c1-16(2,3)21-15(20)19-10-14-9-18-11-17(14,12-19)13-7-5-4-6-8-13/h4-8,14,18H,9-12H2,1-3H3. The van der Waals surface area contributed by atoms with Crippen LogP contribution in [0.5, 0.6) is 0 Å². The van der Waals surface area contributed by atoms with Crippen molar-refractivity contribution in [2.45, 2.75) is 31.8 Å². The summed E-state index contributed by atoms with van der Waals surface area (Å²) in [7, 11) is 0. The molecule has 0 aliphatic carbocycles. The second-order valence-electron chi connectivity index (χ2n) is 7.21. The van der Waals surface area contributed by atoms with Crippen molar-refractivity contribution in [2.24, 2.45) is 5.92 Å². The van der Waals surface area contributed by atoms with E-state index in [1.807, 2.05) is 31.7 Å². The molecule has 2 atom stereocenters. The van der Waals surface area contributed by atoms with Gasteiger partial charge in [0, 0.05) is 37.5 Å². The summed E-state index contributed by atoms with van der Waals surface area (Å²) in [6.07, 6.45) is -0.188. The molecule has 0 aromatic heterocycles. The average molecular weight is 288 g/mol. The van der Waals surface area contributed by atoms with Gasteiger partial charge >= 0.3 is 6.09 Å². The maximum absolute atomic E-state index is 12.3. The smallest absolute Gasteiger partial charge is 0.410 e. The Bertz CT molecular complexity index is 523. The van der Waals surface area contributed by atoms with Gasteiger partial charge in [0.15, 0.2) is 0 Å². The summed E-state index contributed by atoms with van der Waals surface area (Å²) in [5, 5.41) is 3.49. The van der Waals surface area contributed by atoms with Crippen molar-refractivity contribution in [1.82, 2.24) is 10.2 Å². The summed E-state index contributed by atoms with van der Waals surface area (Å²) in [5.41, 5.74) is 0.927. The van der Waals surface area contributed by atoms with Crippen LogP contribution in [0.25, 0.3) is 0 Å². The van der Waals surface area contributed by atoms with E-state index in [2.05, 4.69) is 29.6 Å². The SMILES string of the molecule is CC(C)(C)OC(=O)N1CC2CNCC2(c2ccccc2)C1. The van der Waals surface area contributed by atoms with E-state index in [-0.39, 0.29) is 11.5 Å². The summed E-state index contributed by atoms with van der Waals surface area (Å²) in [6.45, 7) is 9.15. The number of carbonyl (C=O) groups excluding carboxylic acids is 1. The molecule has 2 unspecified atom stereocenters. The van der Waals surface area contributed by atoms with Gasteiger partial charge in [-0.25, -0.2) is 4.79 Å². The summed E-state index contributed by atoms with van der Waals surface area (Å²) >= 11 is 0. The molecule has 3 rings (SSSR count). The Kier molecular flexibility index (Phi) is 3.44. The summed E-state index contributed by atoms with van der Waals surface area (Å²) in [5.74, 6) is 0.465. The van der Waals surface area contributed by atoms with Gasteiger partial charge in [-0.3, -0.25) is 0 Å². The number of benzene rings is 1. The van der Waals surface area contributed by atoms with Crippen LogP contribution in [-0.2, 0) is 10.2 Å². The highest BCUT2D eigenvalue weighted by Crippen LogP contribution is 2.42. The van der Waals surface area contributed by atoms with Crippen LogP contribution in [0.15, 0.2) is 30.3 Å². The molecule has 0 saturated carbocycles. The molecular formula is C17H24N2O2. The third-order valence-electron chi connectivity index (χ3n) is 4.53. The maximum atomic E-state index is 12.3. The van der Waals surface area contributed by atoms with Crippen LogP contribution in [-0.4, -0.2) is 42.8 Å². The molecule has 2 heterocycles. The molecular weight excluding hydrogens is 264 g/mol. The first-order chi connectivity index (χ1) is 9.91. The van der Waals surface area contributed by atoms with Crippen molar-refractivity contribution in [3.63, 3.8) is 0 Å². The van der Waals surface area contributed by atoms with Crippen LogP contribution < -0.4 is 5.32 Å². The molecule has 2 saturated heterocycles. The number of ether oxygens (including phenoxy) is 1. The fourth-order valence-electron chi connectivity index (χ4n) is 3.57. The number of hydrogen-bond donors (Lipinski definition) is 1. The number of rotatable bonds is 1. The minimum absolute atomic E-state index is 0.0398. The van der Waals surface area contributed by atoms with Gasteiger partial charge in [-0.15, -0.1) is 0 Å². The Balaban J connectivity index is 1.81. The van der Waals surface area contributed by atoms with Gasteiger partial charge in [0.2, 0.25) is 0 Å². The van der Waals surface area contributed by atoms with E-state index in [0.29, 0.717) is 5.92 Å². The van der Waals surface area contributed by atoms with Crippen molar-refractivity contribution in [2.75, 3.05) is 26.2 Å². The number of likely N-dealkylation sites (tertiary alicyclic amines) is 1. The van der Waals surface area contributed by atoms with Crippen molar-refractivity contribution in [3.8, 4) is 0 Å². The van der Waals surface area contributed by atoms with Crippen molar-refractivity contribution in [3.05, 3.63) is 35.9 Å². The van der Waals surface area contributed by atoms with Crippen LogP contribution in [0.1, 0.15) is 26.3 Å². The molecule has 0 spiro atoms. The Morgan fingerprint density at radius 3 is 2.71 bits per heavy atom. The predicted octanol–water partition coefficient (Wildman–Crippen LogP) is 2.39. The Morgan fingerprint density at radius 2 is 2.05 bits per heavy atom. The first-order valence-electron chi connectivity index (χ1n) is 7.65. The molecule has 4 nitrogen and oxygen atoms in total. The monoisotopic (exact) mass is 288 g/mol. The Morgan fingerprint density at radius 1 is 1.33 bits per heavy atom. The zero-order valence-corrected chi connectivity index (χ0v) is 13.1. The van der Waals surface area contributed by atoms with Gasteiger partial charge in [-0.1, -0.05) is 30.3 Å². The van der Waals surface area contributed by atoms with Crippen LogP contribution >= 0.6 is 0 Å². The highest BCUT2D eigenvalue weighted by atomic mass is 16.6. The summed E-state index contributed by atoms with van der Waals surface area (Å²) in [6, 6.07) is 10.6. The average Bonchev–Trinajstić information content (AvgIpc) is 2.95. The topological polar surface area (TPSA) is 41.6 Å². The van der Waals surface area contributed by atoms with Gasteiger partial charge in [-0.2, -0.15) is 0 Å². The van der Waals surface area contributed by atoms with Crippen LogP contribution in [0, 0.1) is 5.92 Å².